The second-order valence-electron chi connectivity index (χ2n) is 4.75. The van der Waals surface area contributed by atoms with E-state index in [1.807, 2.05) is 38.1 Å². The number of aryl methyl sites for hydroxylation is 1. The molecule has 100 valence electrons. The van der Waals surface area contributed by atoms with Crippen molar-refractivity contribution in [2.24, 2.45) is 0 Å². The van der Waals surface area contributed by atoms with Gasteiger partial charge in [0.25, 0.3) is 0 Å². The molecule has 3 heteroatoms. The fourth-order valence-corrected chi connectivity index (χ4v) is 1.91. The molecule has 0 fully saturated rings. The number of benzene rings is 2. The lowest BCUT2D eigenvalue weighted by Gasteiger charge is -2.15. The highest BCUT2D eigenvalue weighted by atomic mass is 19.1. The smallest absolute Gasteiger partial charge is 0.127 e. The van der Waals surface area contributed by atoms with Gasteiger partial charge in [0.15, 0.2) is 0 Å². The monoisotopic (exact) mass is 261 g/mol. The molecule has 0 saturated carbocycles. The Balaban J connectivity index is 2.02. The van der Waals surface area contributed by atoms with Gasteiger partial charge in [0.1, 0.15) is 11.6 Å². The molecule has 0 aliphatic carbocycles. The zero-order valence-electron chi connectivity index (χ0n) is 11.1. The number of halogens is 2. The van der Waals surface area contributed by atoms with E-state index >= 15 is 0 Å². The summed E-state index contributed by atoms with van der Waals surface area (Å²) in [4.78, 5) is 0. The normalized spacial score (nSPS) is 12.4. The van der Waals surface area contributed by atoms with Crippen LogP contribution in [0.15, 0.2) is 42.5 Å². The van der Waals surface area contributed by atoms with Crippen LogP contribution in [0.25, 0.3) is 0 Å². The highest BCUT2D eigenvalue weighted by Crippen LogP contribution is 2.15. The molecular formula is C16H17F2N. The summed E-state index contributed by atoms with van der Waals surface area (Å²) < 4.78 is 26.5. The van der Waals surface area contributed by atoms with Crippen LogP contribution < -0.4 is 5.32 Å². The molecule has 19 heavy (non-hydrogen) atoms. The first kappa shape index (κ1) is 13.7. The molecule has 0 aliphatic heterocycles. The first-order chi connectivity index (χ1) is 9.06. The molecule has 0 aromatic heterocycles. The van der Waals surface area contributed by atoms with Crippen LogP contribution in [0.4, 0.5) is 8.78 Å². The highest BCUT2D eigenvalue weighted by Gasteiger charge is 2.07. The molecule has 1 atom stereocenters. The van der Waals surface area contributed by atoms with Crippen molar-refractivity contribution in [1.82, 2.24) is 5.32 Å². The summed E-state index contributed by atoms with van der Waals surface area (Å²) in [6.07, 6.45) is 0. The Morgan fingerprint density at radius 2 is 1.74 bits per heavy atom. The minimum absolute atomic E-state index is 0.0864. The minimum Gasteiger partial charge on any atom is -0.306 e. The molecule has 0 heterocycles. The van der Waals surface area contributed by atoms with Crippen molar-refractivity contribution in [2.45, 2.75) is 26.4 Å². The van der Waals surface area contributed by atoms with E-state index in [9.17, 15) is 8.78 Å². The van der Waals surface area contributed by atoms with Gasteiger partial charge in [0, 0.05) is 18.2 Å². The quantitative estimate of drug-likeness (QED) is 0.872. The van der Waals surface area contributed by atoms with Gasteiger partial charge < -0.3 is 5.32 Å². The number of hydrogen-bond acceptors (Lipinski definition) is 1. The van der Waals surface area contributed by atoms with Crippen LogP contribution in [-0.4, -0.2) is 0 Å². The van der Waals surface area contributed by atoms with E-state index < -0.39 is 5.82 Å². The van der Waals surface area contributed by atoms with Gasteiger partial charge >= 0.3 is 0 Å². The Morgan fingerprint density at radius 3 is 2.42 bits per heavy atom. The van der Waals surface area contributed by atoms with Crippen molar-refractivity contribution < 1.29 is 8.78 Å². The summed E-state index contributed by atoms with van der Waals surface area (Å²) in [7, 11) is 0. The molecule has 0 saturated heterocycles. The maximum atomic E-state index is 13.5. The molecule has 1 nitrogen and oxygen atoms in total. The summed E-state index contributed by atoms with van der Waals surface area (Å²) in [5, 5.41) is 3.20. The third kappa shape index (κ3) is 3.61. The molecule has 0 radical (unpaired) electrons. The van der Waals surface area contributed by atoms with Gasteiger partial charge in [0.05, 0.1) is 0 Å². The van der Waals surface area contributed by atoms with Crippen LogP contribution in [0, 0.1) is 18.6 Å². The predicted octanol–water partition coefficient (Wildman–Crippen LogP) is 4.12. The van der Waals surface area contributed by atoms with E-state index in [4.69, 9.17) is 0 Å². The summed E-state index contributed by atoms with van der Waals surface area (Å²) in [6.45, 7) is 4.34. The van der Waals surface area contributed by atoms with Gasteiger partial charge in [-0.15, -0.1) is 0 Å². The van der Waals surface area contributed by atoms with E-state index in [2.05, 4.69) is 5.32 Å². The van der Waals surface area contributed by atoms with Crippen molar-refractivity contribution in [3.8, 4) is 0 Å². The molecule has 0 bridgehead atoms. The molecular weight excluding hydrogens is 244 g/mol. The standard InChI is InChI=1S/C16H17F2N/c1-11-3-5-13(6-4-11)12(2)19-10-14-9-15(17)7-8-16(14)18/h3-9,12,19H,10H2,1-2H3. The summed E-state index contributed by atoms with van der Waals surface area (Å²) in [6, 6.07) is 11.7. The Morgan fingerprint density at radius 1 is 1.05 bits per heavy atom. The Labute approximate surface area is 112 Å². The Hall–Kier alpha value is -1.74. The van der Waals surface area contributed by atoms with Crippen molar-refractivity contribution in [2.75, 3.05) is 0 Å². The Bertz CT molecular complexity index is 549. The zero-order valence-corrected chi connectivity index (χ0v) is 11.1. The second-order valence-corrected chi connectivity index (χ2v) is 4.75. The lowest BCUT2D eigenvalue weighted by atomic mass is 10.1. The Kier molecular flexibility index (Phi) is 4.27. The first-order valence-corrected chi connectivity index (χ1v) is 6.30. The fourth-order valence-electron chi connectivity index (χ4n) is 1.91. The van der Waals surface area contributed by atoms with E-state index in [1.54, 1.807) is 0 Å². The van der Waals surface area contributed by atoms with Crippen LogP contribution in [0.3, 0.4) is 0 Å². The van der Waals surface area contributed by atoms with E-state index in [0.717, 1.165) is 17.7 Å². The summed E-state index contributed by atoms with van der Waals surface area (Å²) in [5.74, 6) is -0.800. The predicted molar refractivity (Wildman–Crippen MR) is 72.8 cm³/mol. The number of hydrogen-bond donors (Lipinski definition) is 1. The average Bonchev–Trinajstić information content (AvgIpc) is 2.40. The van der Waals surface area contributed by atoms with E-state index in [-0.39, 0.29) is 11.9 Å². The highest BCUT2D eigenvalue weighted by molar-refractivity contribution is 5.24. The molecule has 2 rings (SSSR count). The average molecular weight is 261 g/mol. The van der Waals surface area contributed by atoms with Gasteiger partial charge in [-0.05, 0) is 37.6 Å². The van der Waals surface area contributed by atoms with Gasteiger partial charge in [-0.1, -0.05) is 29.8 Å². The molecule has 2 aromatic carbocycles. The van der Waals surface area contributed by atoms with Gasteiger partial charge in [-0.2, -0.15) is 0 Å². The minimum atomic E-state index is -0.416. The van der Waals surface area contributed by atoms with E-state index in [0.29, 0.717) is 12.1 Å². The number of rotatable bonds is 4. The van der Waals surface area contributed by atoms with Crippen molar-refractivity contribution >= 4 is 0 Å². The summed E-state index contributed by atoms with van der Waals surface area (Å²) in [5.41, 5.74) is 2.67. The molecule has 0 spiro atoms. The lowest BCUT2D eigenvalue weighted by molar-refractivity contribution is 0.535. The molecule has 0 aliphatic rings. The molecule has 1 N–H and O–H groups in total. The van der Waals surface area contributed by atoms with Crippen molar-refractivity contribution in [3.05, 3.63) is 70.8 Å². The topological polar surface area (TPSA) is 12.0 Å². The second kappa shape index (κ2) is 5.93. The van der Waals surface area contributed by atoms with Crippen LogP contribution in [0.2, 0.25) is 0 Å². The van der Waals surface area contributed by atoms with Gasteiger partial charge in [-0.3, -0.25) is 0 Å². The maximum Gasteiger partial charge on any atom is 0.127 e. The third-order valence-corrected chi connectivity index (χ3v) is 3.18. The molecule has 1 unspecified atom stereocenters. The first-order valence-electron chi connectivity index (χ1n) is 6.30. The van der Waals surface area contributed by atoms with Crippen molar-refractivity contribution in [1.29, 1.82) is 0 Å². The van der Waals surface area contributed by atoms with Gasteiger partial charge in [-0.25, -0.2) is 8.78 Å². The third-order valence-electron chi connectivity index (χ3n) is 3.18. The van der Waals surface area contributed by atoms with Crippen molar-refractivity contribution in [3.63, 3.8) is 0 Å². The van der Waals surface area contributed by atoms with E-state index in [1.165, 1.54) is 11.6 Å². The maximum absolute atomic E-state index is 13.5. The van der Waals surface area contributed by atoms with Crippen LogP contribution in [0.5, 0.6) is 0 Å². The number of nitrogens with one attached hydrogen (secondary N) is 1. The van der Waals surface area contributed by atoms with Gasteiger partial charge in [0.2, 0.25) is 0 Å². The van der Waals surface area contributed by atoms with Crippen LogP contribution in [0.1, 0.15) is 29.7 Å². The zero-order chi connectivity index (χ0) is 13.8. The fraction of sp³-hybridized carbons (Fsp3) is 0.250. The molecule has 0 amide bonds. The lowest BCUT2D eigenvalue weighted by Crippen LogP contribution is -2.18. The summed E-state index contributed by atoms with van der Waals surface area (Å²) >= 11 is 0. The van der Waals surface area contributed by atoms with Crippen LogP contribution in [-0.2, 0) is 6.54 Å². The molecule has 2 aromatic rings. The van der Waals surface area contributed by atoms with Crippen LogP contribution >= 0.6 is 0 Å². The SMILES string of the molecule is Cc1ccc(C(C)NCc2cc(F)ccc2F)cc1. The largest absolute Gasteiger partial charge is 0.306 e.